The topological polar surface area (TPSA) is 60.8 Å². The Labute approximate surface area is 88.3 Å². The number of rotatable bonds is 5. The highest BCUT2D eigenvalue weighted by Crippen LogP contribution is 2.17. The van der Waals surface area contributed by atoms with Crippen molar-refractivity contribution in [3.8, 4) is 0 Å². The Morgan fingerprint density at radius 1 is 1.71 bits per heavy atom. The molecule has 0 aromatic rings. The molecule has 0 radical (unpaired) electrons. The van der Waals surface area contributed by atoms with E-state index >= 15 is 0 Å². The van der Waals surface area contributed by atoms with Crippen LogP contribution in [0.25, 0.3) is 0 Å². The van der Waals surface area contributed by atoms with Gasteiger partial charge in [-0.25, -0.2) is 0 Å². The molecule has 2 N–H and O–H groups in total. The third-order valence-electron chi connectivity index (χ3n) is 2.44. The molecular weight excluding hydrogens is 202 g/mol. The highest BCUT2D eigenvalue weighted by atomic mass is 32.2. The Bertz CT molecular complexity index is 200. The maximum Gasteiger partial charge on any atom is 0.225 e. The molecule has 1 heterocycles. The lowest BCUT2D eigenvalue weighted by Gasteiger charge is -2.25. The summed E-state index contributed by atoms with van der Waals surface area (Å²) in [5.74, 6) is 0.878. The van der Waals surface area contributed by atoms with Gasteiger partial charge in [-0.1, -0.05) is 0 Å². The lowest BCUT2D eigenvalue weighted by molar-refractivity contribution is -0.130. The monoisotopic (exact) mass is 219 g/mol. The fourth-order valence-electron chi connectivity index (χ4n) is 1.66. The van der Waals surface area contributed by atoms with Gasteiger partial charge in [0.1, 0.15) is 0 Å². The normalized spacial score (nSPS) is 24.4. The minimum absolute atomic E-state index is 0.0149. The van der Waals surface area contributed by atoms with Crippen molar-refractivity contribution in [2.75, 3.05) is 25.2 Å². The summed E-state index contributed by atoms with van der Waals surface area (Å²) < 4.78 is 0. The first kappa shape index (κ1) is 11.8. The van der Waals surface area contributed by atoms with E-state index in [2.05, 4.69) is 0 Å². The molecule has 0 saturated carbocycles. The predicted octanol–water partition coefficient (Wildman–Crippen LogP) is -0.306. The standard InChI is InChI=1S/C9H17NO3S/c1-14-3-2-7(6-11)10-5-8(12)4-9(10)13/h7-8,11-12H,2-6H2,1H3. The SMILES string of the molecule is CSCCC(CO)N1CC(O)CC1=O. The van der Waals surface area contributed by atoms with Crippen LogP contribution in [0, 0.1) is 0 Å². The number of thioether (sulfide) groups is 1. The molecule has 1 amide bonds. The Morgan fingerprint density at radius 2 is 2.43 bits per heavy atom. The van der Waals surface area contributed by atoms with E-state index in [0.29, 0.717) is 6.54 Å². The van der Waals surface area contributed by atoms with E-state index in [0.717, 1.165) is 12.2 Å². The zero-order valence-electron chi connectivity index (χ0n) is 8.35. The van der Waals surface area contributed by atoms with E-state index < -0.39 is 6.10 Å². The molecule has 5 heteroatoms. The van der Waals surface area contributed by atoms with Crippen LogP contribution in [0.4, 0.5) is 0 Å². The summed E-state index contributed by atoms with van der Waals surface area (Å²) in [7, 11) is 0. The Hall–Kier alpha value is -0.260. The molecule has 0 aromatic carbocycles. The van der Waals surface area contributed by atoms with Crippen molar-refractivity contribution in [1.29, 1.82) is 0 Å². The van der Waals surface area contributed by atoms with E-state index in [-0.39, 0.29) is 25.0 Å². The number of amides is 1. The molecule has 4 nitrogen and oxygen atoms in total. The molecule has 1 rings (SSSR count). The molecule has 2 unspecified atom stereocenters. The van der Waals surface area contributed by atoms with Crippen molar-refractivity contribution in [1.82, 2.24) is 4.90 Å². The smallest absolute Gasteiger partial charge is 0.225 e. The van der Waals surface area contributed by atoms with E-state index in [1.54, 1.807) is 16.7 Å². The first-order chi connectivity index (χ1) is 6.69. The van der Waals surface area contributed by atoms with Crippen LogP contribution in [-0.2, 0) is 4.79 Å². The molecular formula is C9H17NO3S. The molecule has 14 heavy (non-hydrogen) atoms. The molecule has 0 bridgehead atoms. The number of likely N-dealkylation sites (tertiary alicyclic amines) is 1. The van der Waals surface area contributed by atoms with E-state index in [1.165, 1.54) is 0 Å². The number of carbonyl (C=O) groups excluding carboxylic acids is 1. The lowest BCUT2D eigenvalue weighted by atomic mass is 10.2. The Morgan fingerprint density at radius 3 is 2.86 bits per heavy atom. The summed E-state index contributed by atoms with van der Waals surface area (Å²) in [6.07, 6.45) is 2.44. The van der Waals surface area contributed by atoms with Crippen LogP contribution in [0.3, 0.4) is 0 Å². The van der Waals surface area contributed by atoms with Crippen molar-refractivity contribution in [2.24, 2.45) is 0 Å². The van der Waals surface area contributed by atoms with Crippen LogP contribution < -0.4 is 0 Å². The van der Waals surface area contributed by atoms with Crippen molar-refractivity contribution >= 4 is 17.7 Å². The number of aliphatic hydroxyl groups excluding tert-OH is 2. The Kier molecular flexibility index (Phi) is 4.71. The largest absolute Gasteiger partial charge is 0.394 e. The van der Waals surface area contributed by atoms with Crippen molar-refractivity contribution in [3.05, 3.63) is 0 Å². The maximum absolute atomic E-state index is 11.4. The molecule has 1 aliphatic heterocycles. The highest BCUT2D eigenvalue weighted by molar-refractivity contribution is 7.98. The van der Waals surface area contributed by atoms with Gasteiger partial charge in [-0.3, -0.25) is 4.79 Å². The number of hydrogen-bond acceptors (Lipinski definition) is 4. The van der Waals surface area contributed by atoms with E-state index in [9.17, 15) is 9.90 Å². The van der Waals surface area contributed by atoms with Gasteiger partial charge in [0.15, 0.2) is 0 Å². The van der Waals surface area contributed by atoms with Crippen LogP contribution in [0.1, 0.15) is 12.8 Å². The second kappa shape index (κ2) is 5.58. The third-order valence-corrected chi connectivity index (χ3v) is 3.09. The highest BCUT2D eigenvalue weighted by Gasteiger charge is 2.32. The molecule has 0 aliphatic carbocycles. The minimum atomic E-state index is -0.550. The molecule has 82 valence electrons. The van der Waals surface area contributed by atoms with Gasteiger partial charge in [-0.15, -0.1) is 0 Å². The van der Waals surface area contributed by atoms with Gasteiger partial charge < -0.3 is 15.1 Å². The van der Waals surface area contributed by atoms with Crippen LogP contribution in [0.2, 0.25) is 0 Å². The molecule has 1 fully saturated rings. The van der Waals surface area contributed by atoms with Crippen LogP contribution in [0.15, 0.2) is 0 Å². The van der Waals surface area contributed by atoms with E-state index in [4.69, 9.17) is 5.11 Å². The fraction of sp³-hybridized carbons (Fsp3) is 0.889. The first-order valence-electron chi connectivity index (χ1n) is 4.76. The quantitative estimate of drug-likeness (QED) is 0.666. The number of β-amino-alcohol motifs (C(OH)–C–C–N with tert-alkyl or cyclic N) is 1. The van der Waals surface area contributed by atoms with Gasteiger partial charge in [0, 0.05) is 6.54 Å². The number of aliphatic hydroxyl groups is 2. The average molecular weight is 219 g/mol. The predicted molar refractivity (Wildman–Crippen MR) is 56.2 cm³/mol. The number of nitrogens with zero attached hydrogens (tertiary/aromatic N) is 1. The van der Waals surface area contributed by atoms with Gasteiger partial charge in [-0.05, 0) is 18.4 Å². The average Bonchev–Trinajstić information content (AvgIpc) is 2.47. The second-order valence-electron chi connectivity index (χ2n) is 3.52. The van der Waals surface area contributed by atoms with Crippen molar-refractivity contribution in [2.45, 2.75) is 25.0 Å². The number of hydrogen-bond donors (Lipinski definition) is 2. The van der Waals surface area contributed by atoms with Gasteiger partial charge in [0.25, 0.3) is 0 Å². The van der Waals surface area contributed by atoms with Crippen LogP contribution in [0.5, 0.6) is 0 Å². The van der Waals surface area contributed by atoms with Crippen LogP contribution in [-0.4, -0.2) is 58.3 Å². The molecule has 1 saturated heterocycles. The van der Waals surface area contributed by atoms with Gasteiger partial charge in [0.2, 0.25) is 5.91 Å². The molecule has 1 aliphatic rings. The molecule has 0 spiro atoms. The third kappa shape index (κ3) is 2.87. The molecule has 0 aromatic heterocycles. The maximum atomic E-state index is 11.4. The summed E-state index contributed by atoms with van der Waals surface area (Å²) in [6, 6.07) is -0.118. The summed E-state index contributed by atoms with van der Waals surface area (Å²) in [5, 5.41) is 18.4. The minimum Gasteiger partial charge on any atom is -0.394 e. The van der Waals surface area contributed by atoms with Gasteiger partial charge >= 0.3 is 0 Å². The molecule has 2 atom stereocenters. The van der Waals surface area contributed by atoms with E-state index in [1.807, 2.05) is 6.26 Å². The van der Waals surface area contributed by atoms with Crippen LogP contribution >= 0.6 is 11.8 Å². The second-order valence-corrected chi connectivity index (χ2v) is 4.51. The van der Waals surface area contributed by atoms with Crippen molar-refractivity contribution in [3.63, 3.8) is 0 Å². The first-order valence-corrected chi connectivity index (χ1v) is 6.15. The lowest BCUT2D eigenvalue weighted by Crippen LogP contribution is -2.39. The van der Waals surface area contributed by atoms with Gasteiger partial charge in [0.05, 0.1) is 25.2 Å². The van der Waals surface area contributed by atoms with Crippen molar-refractivity contribution < 1.29 is 15.0 Å². The Balaban J connectivity index is 2.47. The summed E-state index contributed by atoms with van der Waals surface area (Å²) in [4.78, 5) is 13.0. The summed E-state index contributed by atoms with van der Waals surface area (Å²) in [6.45, 7) is 0.359. The van der Waals surface area contributed by atoms with Gasteiger partial charge in [-0.2, -0.15) is 11.8 Å². The zero-order valence-corrected chi connectivity index (χ0v) is 9.16. The zero-order chi connectivity index (χ0) is 10.6. The fourth-order valence-corrected chi connectivity index (χ4v) is 2.17. The number of carbonyl (C=O) groups is 1. The summed E-state index contributed by atoms with van der Waals surface area (Å²) >= 11 is 1.69. The summed E-state index contributed by atoms with van der Waals surface area (Å²) in [5.41, 5.74) is 0.